The Morgan fingerprint density at radius 2 is 1.51 bits per heavy atom. The Bertz CT molecular complexity index is 1400. The number of aromatic nitrogens is 1. The van der Waals surface area contributed by atoms with Crippen LogP contribution in [0.3, 0.4) is 0 Å². The number of nitrogens with two attached hydrogens (primary N) is 1. The number of H-pyrrole nitrogens is 1. The number of aromatic hydroxyl groups is 1. The molecule has 0 aliphatic carbocycles. The van der Waals surface area contributed by atoms with E-state index in [1.54, 1.807) is 18.3 Å². The van der Waals surface area contributed by atoms with Gasteiger partial charge in [0.05, 0.1) is 6.04 Å². The highest BCUT2D eigenvalue weighted by Crippen LogP contribution is 2.20. The van der Waals surface area contributed by atoms with E-state index < -0.39 is 47.9 Å². The quantitative estimate of drug-likeness (QED) is 0.141. The smallest absolute Gasteiger partial charge is 0.326 e. The van der Waals surface area contributed by atoms with E-state index in [0.717, 1.165) is 22.0 Å². The Hall–Kier alpha value is -4.38. The highest BCUT2D eigenvalue weighted by molar-refractivity contribution is 5.95. The lowest BCUT2D eigenvalue weighted by molar-refractivity contribution is -0.142. The van der Waals surface area contributed by atoms with Gasteiger partial charge in [0.25, 0.3) is 0 Å². The first-order chi connectivity index (χ1) is 20.4. The van der Waals surface area contributed by atoms with Crippen molar-refractivity contribution in [2.75, 3.05) is 0 Å². The average Bonchev–Trinajstić information content (AvgIpc) is 3.38. The van der Waals surface area contributed by atoms with Crippen LogP contribution in [0.25, 0.3) is 10.9 Å². The van der Waals surface area contributed by atoms with Gasteiger partial charge >= 0.3 is 5.97 Å². The number of para-hydroxylation sites is 1. The molecule has 11 heteroatoms. The van der Waals surface area contributed by atoms with Gasteiger partial charge in [-0.3, -0.25) is 14.4 Å². The van der Waals surface area contributed by atoms with Gasteiger partial charge in [0, 0.05) is 23.5 Å². The number of nitrogens with one attached hydrogen (secondary N) is 4. The molecule has 1 heterocycles. The molecule has 3 aromatic rings. The van der Waals surface area contributed by atoms with Crippen LogP contribution in [0.1, 0.15) is 51.7 Å². The first kappa shape index (κ1) is 33.1. The van der Waals surface area contributed by atoms with E-state index in [1.807, 2.05) is 52.0 Å². The number of aromatic amines is 1. The van der Waals surface area contributed by atoms with Crippen molar-refractivity contribution in [2.24, 2.45) is 17.6 Å². The zero-order valence-corrected chi connectivity index (χ0v) is 25.1. The third-order valence-corrected chi connectivity index (χ3v) is 7.58. The third-order valence-electron chi connectivity index (χ3n) is 7.58. The van der Waals surface area contributed by atoms with Gasteiger partial charge in [-0.05, 0) is 54.0 Å². The fraction of sp³-hybridized carbons (Fsp3) is 0.438. The summed E-state index contributed by atoms with van der Waals surface area (Å²) in [6, 6.07) is 9.68. The maximum atomic E-state index is 13.7. The number of carbonyl (C=O) groups is 4. The van der Waals surface area contributed by atoms with E-state index in [0.29, 0.717) is 6.42 Å². The lowest BCUT2D eigenvalue weighted by atomic mass is 9.96. The molecule has 0 radical (unpaired) electrons. The number of amides is 3. The van der Waals surface area contributed by atoms with E-state index >= 15 is 0 Å². The van der Waals surface area contributed by atoms with E-state index in [4.69, 9.17) is 5.73 Å². The van der Waals surface area contributed by atoms with Crippen LogP contribution in [-0.4, -0.2) is 63.1 Å². The summed E-state index contributed by atoms with van der Waals surface area (Å²) in [5.74, 6) is -3.09. The molecular formula is C32H43N5O6. The van der Waals surface area contributed by atoms with Crippen LogP contribution in [0.2, 0.25) is 0 Å². The van der Waals surface area contributed by atoms with Crippen molar-refractivity contribution < 1.29 is 29.4 Å². The molecule has 0 aliphatic rings. The molecule has 2 aromatic carbocycles. The first-order valence-corrected chi connectivity index (χ1v) is 14.6. The predicted molar refractivity (Wildman–Crippen MR) is 164 cm³/mol. The molecule has 0 saturated heterocycles. The summed E-state index contributed by atoms with van der Waals surface area (Å²) in [5, 5.41) is 28.3. The molecule has 232 valence electrons. The van der Waals surface area contributed by atoms with E-state index in [2.05, 4.69) is 20.9 Å². The number of carboxylic acids is 1. The van der Waals surface area contributed by atoms with Gasteiger partial charge in [-0.2, -0.15) is 0 Å². The second-order valence-electron chi connectivity index (χ2n) is 11.5. The van der Waals surface area contributed by atoms with Crippen LogP contribution in [0.15, 0.2) is 54.7 Å². The number of aliphatic carboxylic acids is 1. The molecule has 5 unspecified atom stereocenters. The van der Waals surface area contributed by atoms with Crippen molar-refractivity contribution >= 4 is 34.6 Å². The summed E-state index contributed by atoms with van der Waals surface area (Å²) in [7, 11) is 0. The number of phenolic OH excluding ortho intramolecular Hbond substituents is 1. The van der Waals surface area contributed by atoms with E-state index in [1.165, 1.54) is 12.1 Å². The number of carboxylic acid groups (broad SMARTS) is 1. The summed E-state index contributed by atoms with van der Waals surface area (Å²) in [4.78, 5) is 55.4. The van der Waals surface area contributed by atoms with Crippen molar-refractivity contribution in [1.82, 2.24) is 20.9 Å². The Morgan fingerprint density at radius 1 is 0.860 bits per heavy atom. The maximum absolute atomic E-state index is 13.7. The van der Waals surface area contributed by atoms with Crippen LogP contribution < -0.4 is 21.7 Å². The highest BCUT2D eigenvalue weighted by atomic mass is 16.4. The number of benzene rings is 2. The third kappa shape index (κ3) is 9.31. The Kier molecular flexibility index (Phi) is 11.7. The van der Waals surface area contributed by atoms with Gasteiger partial charge in [0.1, 0.15) is 23.9 Å². The lowest BCUT2D eigenvalue weighted by Gasteiger charge is -2.28. The molecule has 3 rings (SSSR count). The number of rotatable bonds is 15. The molecule has 1 aromatic heterocycles. The largest absolute Gasteiger partial charge is 0.508 e. The molecule has 0 spiro atoms. The van der Waals surface area contributed by atoms with Crippen molar-refractivity contribution in [1.29, 1.82) is 0 Å². The average molecular weight is 594 g/mol. The number of hydrogen-bond acceptors (Lipinski definition) is 6. The van der Waals surface area contributed by atoms with Gasteiger partial charge < -0.3 is 36.9 Å². The van der Waals surface area contributed by atoms with Crippen LogP contribution in [0.5, 0.6) is 5.75 Å². The molecule has 3 amide bonds. The first-order valence-electron chi connectivity index (χ1n) is 14.6. The summed E-state index contributed by atoms with van der Waals surface area (Å²) in [5.41, 5.74) is 8.54. The standard InChI is InChI=1S/C32H43N5O6/c1-5-19(4)28(37-29(39)24(33)15-20-10-12-22(38)13-11-20)31(41)35-26(30(40)36-27(32(42)43)14-18(2)3)16-21-17-34-25-9-7-6-8-23(21)25/h6-13,17-19,24,26-28,34,38H,5,14-16,33H2,1-4H3,(H,35,41)(H,36,40)(H,37,39)(H,42,43). The predicted octanol–water partition coefficient (Wildman–Crippen LogP) is 2.62. The molecule has 5 atom stereocenters. The number of hydrogen-bond donors (Lipinski definition) is 7. The fourth-order valence-corrected chi connectivity index (χ4v) is 4.90. The minimum Gasteiger partial charge on any atom is -0.508 e. The summed E-state index contributed by atoms with van der Waals surface area (Å²) in [6.07, 6.45) is 2.83. The monoisotopic (exact) mass is 593 g/mol. The second kappa shape index (κ2) is 15.2. The lowest BCUT2D eigenvalue weighted by Crippen LogP contribution is -2.59. The summed E-state index contributed by atoms with van der Waals surface area (Å²) < 4.78 is 0. The van der Waals surface area contributed by atoms with Crippen molar-refractivity contribution in [2.45, 2.75) is 77.5 Å². The van der Waals surface area contributed by atoms with Crippen LogP contribution in [-0.2, 0) is 32.0 Å². The molecule has 0 aliphatic heterocycles. The topological polar surface area (TPSA) is 187 Å². The summed E-state index contributed by atoms with van der Waals surface area (Å²) >= 11 is 0. The van der Waals surface area contributed by atoms with E-state index in [9.17, 15) is 29.4 Å². The Balaban J connectivity index is 1.82. The number of phenols is 1. The molecule has 11 nitrogen and oxygen atoms in total. The number of fused-ring (bicyclic) bond motifs is 1. The van der Waals surface area contributed by atoms with Crippen molar-refractivity contribution in [3.05, 3.63) is 65.9 Å². The molecule has 43 heavy (non-hydrogen) atoms. The maximum Gasteiger partial charge on any atom is 0.326 e. The molecule has 0 saturated carbocycles. The van der Waals surface area contributed by atoms with Gasteiger partial charge in [-0.15, -0.1) is 0 Å². The van der Waals surface area contributed by atoms with Gasteiger partial charge in [0.15, 0.2) is 0 Å². The Morgan fingerprint density at radius 3 is 2.14 bits per heavy atom. The molecule has 8 N–H and O–H groups in total. The molecule has 0 fully saturated rings. The van der Waals surface area contributed by atoms with Gasteiger partial charge in [-0.1, -0.05) is 64.4 Å². The second-order valence-corrected chi connectivity index (χ2v) is 11.5. The molecule has 0 bridgehead atoms. The van der Waals surface area contributed by atoms with Crippen molar-refractivity contribution in [3.63, 3.8) is 0 Å². The summed E-state index contributed by atoms with van der Waals surface area (Å²) in [6.45, 7) is 7.42. The fourth-order valence-electron chi connectivity index (χ4n) is 4.90. The van der Waals surface area contributed by atoms with Crippen molar-refractivity contribution in [3.8, 4) is 5.75 Å². The zero-order chi connectivity index (χ0) is 31.7. The zero-order valence-electron chi connectivity index (χ0n) is 25.1. The van der Waals surface area contributed by atoms with E-state index in [-0.39, 0.29) is 36.8 Å². The highest BCUT2D eigenvalue weighted by Gasteiger charge is 2.33. The van der Waals surface area contributed by atoms with Gasteiger partial charge in [0.2, 0.25) is 17.7 Å². The van der Waals surface area contributed by atoms with Gasteiger partial charge in [-0.25, -0.2) is 4.79 Å². The minimum atomic E-state index is -1.16. The SMILES string of the molecule is CCC(C)C(NC(=O)C(N)Cc1ccc(O)cc1)C(=O)NC(Cc1c[nH]c2ccccc12)C(=O)NC(CC(C)C)C(=O)O. The Labute approximate surface area is 251 Å². The molecular weight excluding hydrogens is 550 g/mol. The van der Waals surface area contributed by atoms with Crippen LogP contribution in [0, 0.1) is 11.8 Å². The minimum absolute atomic E-state index is 0.0128. The van der Waals surface area contributed by atoms with Crippen LogP contribution in [0.4, 0.5) is 0 Å². The number of carbonyl (C=O) groups excluding carboxylic acids is 3. The van der Waals surface area contributed by atoms with Crippen LogP contribution >= 0.6 is 0 Å². The normalized spacial score (nSPS) is 14.8.